The lowest BCUT2D eigenvalue weighted by atomic mass is 10.3. The predicted molar refractivity (Wildman–Crippen MR) is 60.7 cm³/mol. The zero-order valence-corrected chi connectivity index (χ0v) is 9.39. The van der Waals surface area contributed by atoms with Gasteiger partial charge in [0.15, 0.2) is 11.6 Å². The molecule has 2 aromatic rings. The second kappa shape index (κ2) is 5.29. The van der Waals surface area contributed by atoms with Crippen LogP contribution in [0.1, 0.15) is 18.3 Å². The van der Waals surface area contributed by atoms with Crippen LogP contribution in [0.2, 0.25) is 0 Å². The van der Waals surface area contributed by atoms with Crippen LogP contribution in [0, 0.1) is 5.82 Å². The van der Waals surface area contributed by atoms with Gasteiger partial charge in [0.05, 0.1) is 17.9 Å². The van der Waals surface area contributed by atoms with E-state index in [4.69, 9.17) is 0 Å². The van der Waals surface area contributed by atoms with Crippen molar-refractivity contribution in [3.8, 4) is 0 Å². The van der Waals surface area contributed by atoms with E-state index in [0.717, 1.165) is 5.69 Å². The topological polar surface area (TPSA) is 63.6 Å². The number of nitrogens with zero attached hydrogens (tertiary/aromatic N) is 4. The van der Waals surface area contributed by atoms with Crippen LogP contribution in [-0.2, 0) is 13.0 Å². The lowest BCUT2D eigenvalue weighted by Gasteiger charge is -2.07. The Labute approximate surface area is 98.2 Å². The van der Waals surface area contributed by atoms with E-state index in [0.29, 0.717) is 18.7 Å². The molecular weight excluding hydrogens is 221 g/mol. The maximum atomic E-state index is 13.8. The second-order valence-corrected chi connectivity index (χ2v) is 3.39. The van der Waals surface area contributed by atoms with Crippen LogP contribution < -0.4 is 5.32 Å². The quantitative estimate of drug-likeness (QED) is 0.868. The minimum Gasteiger partial charge on any atom is -0.362 e. The molecule has 0 aliphatic carbocycles. The number of aromatic nitrogens is 4. The highest BCUT2D eigenvalue weighted by Gasteiger charge is 2.08. The van der Waals surface area contributed by atoms with Gasteiger partial charge in [-0.3, -0.25) is 0 Å². The average molecular weight is 233 g/mol. The van der Waals surface area contributed by atoms with Crippen molar-refractivity contribution < 1.29 is 4.39 Å². The maximum Gasteiger partial charge on any atom is 0.186 e. The van der Waals surface area contributed by atoms with Crippen molar-refractivity contribution in [2.24, 2.45) is 0 Å². The third kappa shape index (κ3) is 2.72. The molecule has 0 saturated carbocycles. The maximum absolute atomic E-state index is 13.8. The zero-order chi connectivity index (χ0) is 12.1. The highest BCUT2D eigenvalue weighted by atomic mass is 19.1. The van der Waals surface area contributed by atoms with Crippen LogP contribution in [0.15, 0.2) is 24.9 Å². The molecule has 2 heterocycles. The number of hydrogen-bond acceptors (Lipinski definition) is 5. The van der Waals surface area contributed by atoms with Crippen LogP contribution in [-0.4, -0.2) is 19.9 Å². The van der Waals surface area contributed by atoms with E-state index in [2.05, 4.69) is 25.3 Å². The van der Waals surface area contributed by atoms with E-state index in [1.807, 2.05) is 6.92 Å². The number of anilines is 1. The number of rotatable bonds is 4. The molecule has 0 spiro atoms. The fourth-order valence-corrected chi connectivity index (χ4v) is 1.37. The Morgan fingerprint density at radius 1 is 1.24 bits per heavy atom. The third-order valence-corrected chi connectivity index (χ3v) is 2.28. The Morgan fingerprint density at radius 2 is 2.12 bits per heavy atom. The van der Waals surface area contributed by atoms with Gasteiger partial charge in [-0.25, -0.2) is 24.3 Å². The van der Waals surface area contributed by atoms with Crippen molar-refractivity contribution in [3.63, 3.8) is 0 Å². The van der Waals surface area contributed by atoms with Crippen molar-refractivity contribution >= 4 is 5.82 Å². The minimum atomic E-state index is -0.399. The van der Waals surface area contributed by atoms with Crippen LogP contribution in [0.25, 0.3) is 0 Å². The van der Waals surface area contributed by atoms with Gasteiger partial charge >= 0.3 is 0 Å². The van der Waals surface area contributed by atoms with E-state index in [1.165, 1.54) is 12.7 Å². The summed E-state index contributed by atoms with van der Waals surface area (Å²) in [6.45, 7) is 2.25. The summed E-state index contributed by atoms with van der Waals surface area (Å²) in [6, 6.07) is 1.76. The van der Waals surface area contributed by atoms with Gasteiger partial charge < -0.3 is 5.32 Å². The first-order valence-corrected chi connectivity index (χ1v) is 5.29. The van der Waals surface area contributed by atoms with Crippen LogP contribution in [0.5, 0.6) is 0 Å². The molecule has 88 valence electrons. The molecule has 0 saturated heterocycles. The molecule has 5 nitrogen and oxygen atoms in total. The van der Waals surface area contributed by atoms with Crippen molar-refractivity contribution in [2.75, 3.05) is 5.32 Å². The van der Waals surface area contributed by atoms with Gasteiger partial charge in [-0.1, -0.05) is 6.92 Å². The molecular formula is C11H12FN5. The van der Waals surface area contributed by atoms with Gasteiger partial charge in [-0.15, -0.1) is 0 Å². The summed E-state index contributed by atoms with van der Waals surface area (Å²) in [5, 5.41) is 2.89. The van der Waals surface area contributed by atoms with Gasteiger partial charge in [-0.05, 0) is 12.5 Å². The summed E-state index contributed by atoms with van der Waals surface area (Å²) in [6.07, 6.45) is 4.98. The molecule has 0 radical (unpaired) electrons. The smallest absolute Gasteiger partial charge is 0.186 e. The summed E-state index contributed by atoms with van der Waals surface area (Å²) in [4.78, 5) is 15.6. The summed E-state index contributed by atoms with van der Waals surface area (Å²) in [7, 11) is 0. The van der Waals surface area contributed by atoms with Gasteiger partial charge in [0, 0.05) is 6.20 Å². The van der Waals surface area contributed by atoms with Crippen molar-refractivity contribution in [2.45, 2.75) is 19.9 Å². The SMILES string of the molecule is CCc1ncnc(NCc2ccncn2)c1F. The van der Waals surface area contributed by atoms with Crippen molar-refractivity contribution in [3.05, 3.63) is 42.1 Å². The molecule has 0 fully saturated rings. The number of hydrogen-bond donors (Lipinski definition) is 1. The molecule has 2 aromatic heterocycles. The van der Waals surface area contributed by atoms with Gasteiger partial charge in [-0.2, -0.15) is 0 Å². The molecule has 1 N–H and O–H groups in total. The monoisotopic (exact) mass is 233 g/mol. The average Bonchev–Trinajstić information content (AvgIpc) is 2.39. The summed E-state index contributed by atoms with van der Waals surface area (Å²) in [5.41, 5.74) is 1.18. The Balaban J connectivity index is 2.09. The highest BCUT2D eigenvalue weighted by molar-refractivity contribution is 5.37. The first-order valence-electron chi connectivity index (χ1n) is 5.29. The number of nitrogens with one attached hydrogen (secondary N) is 1. The molecule has 0 amide bonds. The third-order valence-electron chi connectivity index (χ3n) is 2.28. The molecule has 0 bridgehead atoms. The fourth-order valence-electron chi connectivity index (χ4n) is 1.37. The molecule has 0 aliphatic rings. The molecule has 17 heavy (non-hydrogen) atoms. The summed E-state index contributed by atoms with van der Waals surface area (Å²) >= 11 is 0. The van der Waals surface area contributed by atoms with Gasteiger partial charge in [0.25, 0.3) is 0 Å². The first kappa shape index (κ1) is 11.4. The zero-order valence-electron chi connectivity index (χ0n) is 9.39. The molecule has 0 unspecified atom stereocenters. The number of aryl methyl sites for hydroxylation is 1. The Kier molecular flexibility index (Phi) is 3.54. The predicted octanol–water partition coefficient (Wildman–Crippen LogP) is 1.58. The molecule has 0 aromatic carbocycles. The molecule has 2 rings (SSSR count). The van der Waals surface area contributed by atoms with Crippen molar-refractivity contribution in [1.82, 2.24) is 19.9 Å². The number of halogens is 1. The Bertz CT molecular complexity index is 488. The lowest BCUT2D eigenvalue weighted by Crippen LogP contribution is -2.07. The largest absolute Gasteiger partial charge is 0.362 e. The van der Waals surface area contributed by atoms with E-state index in [1.54, 1.807) is 12.3 Å². The highest BCUT2D eigenvalue weighted by Crippen LogP contribution is 2.13. The van der Waals surface area contributed by atoms with Gasteiger partial charge in [0.2, 0.25) is 0 Å². The normalized spacial score (nSPS) is 10.2. The summed E-state index contributed by atoms with van der Waals surface area (Å²) in [5.74, 6) is -0.195. The van der Waals surface area contributed by atoms with E-state index < -0.39 is 5.82 Å². The Hall–Kier alpha value is -2.11. The van der Waals surface area contributed by atoms with Crippen LogP contribution >= 0.6 is 0 Å². The van der Waals surface area contributed by atoms with Gasteiger partial charge in [0.1, 0.15) is 12.7 Å². The van der Waals surface area contributed by atoms with Crippen LogP contribution in [0.4, 0.5) is 10.2 Å². The fraction of sp³-hybridized carbons (Fsp3) is 0.273. The summed E-state index contributed by atoms with van der Waals surface area (Å²) < 4.78 is 13.8. The lowest BCUT2D eigenvalue weighted by molar-refractivity contribution is 0.596. The standard InChI is InChI=1S/C11H12FN5/c1-2-9-10(12)11(17-7-16-9)14-5-8-3-4-13-6-15-8/h3-4,6-7H,2,5H2,1H3,(H,14,16,17). The van der Waals surface area contributed by atoms with E-state index in [9.17, 15) is 4.39 Å². The van der Waals surface area contributed by atoms with E-state index >= 15 is 0 Å². The first-order chi connectivity index (χ1) is 8.31. The minimum absolute atomic E-state index is 0.204. The van der Waals surface area contributed by atoms with Crippen molar-refractivity contribution in [1.29, 1.82) is 0 Å². The van der Waals surface area contributed by atoms with E-state index in [-0.39, 0.29) is 5.82 Å². The molecule has 6 heteroatoms. The van der Waals surface area contributed by atoms with Crippen LogP contribution in [0.3, 0.4) is 0 Å². The molecule has 0 aliphatic heterocycles. The Morgan fingerprint density at radius 3 is 2.82 bits per heavy atom. The second-order valence-electron chi connectivity index (χ2n) is 3.39. The molecule has 0 atom stereocenters.